The number of carbonyl (C=O) groups is 1. The van der Waals surface area contributed by atoms with Gasteiger partial charge in [-0.05, 0) is 36.4 Å². The van der Waals surface area contributed by atoms with Crippen molar-refractivity contribution in [2.24, 2.45) is 0 Å². The Morgan fingerprint density at radius 1 is 1.15 bits per heavy atom. The Morgan fingerprint density at radius 3 is 2.63 bits per heavy atom. The molecular formula is C18H19N5O4. The van der Waals surface area contributed by atoms with Gasteiger partial charge < -0.3 is 14.8 Å². The van der Waals surface area contributed by atoms with Crippen LogP contribution in [0, 0.1) is 0 Å². The van der Waals surface area contributed by atoms with Gasteiger partial charge in [-0.1, -0.05) is 0 Å². The van der Waals surface area contributed by atoms with Gasteiger partial charge in [-0.25, -0.2) is 9.36 Å². The number of benzene rings is 1. The van der Waals surface area contributed by atoms with Gasteiger partial charge in [0.05, 0.1) is 13.7 Å². The first-order valence-electron chi connectivity index (χ1n) is 8.27. The van der Waals surface area contributed by atoms with E-state index in [0.717, 1.165) is 10.4 Å². The third-order valence-corrected chi connectivity index (χ3v) is 3.64. The van der Waals surface area contributed by atoms with Crippen molar-refractivity contribution in [2.75, 3.05) is 20.3 Å². The van der Waals surface area contributed by atoms with E-state index >= 15 is 0 Å². The van der Waals surface area contributed by atoms with Gasteiger partial charge in [0.15, 0.2) is 5.82 Å². The molecule has 3 rings (SSSR count). The largest absolute Gasteiger partial charge is 0.497 e. The lowest BCUT2D eigenvalue weighted by atomic mass is 10.3. The molecule has 1 N–H and O–H groups in total. The summed E-state index contributed by atoms with van der Waals surface area (Å²) in [5.74, 6) is 1.54. The first-order chi connectivity index (χ1) is 13.2. The van der Waals surface area contributed by atoms with E-state index in [1.54, 1.807) is 55.9 Å². The predicted octanol–water partition coefficient (Wildman–Crippen LogP) is 0.633. The molecule has 0 atom stereocenters. The standard InChI is InChI=1S/C18H19N5O4/c1-26-14-3-5-15(6-4-14)27-12-10-19-17(24)13-23-18(25)8-7-16(21-23)22-11-2-9-20-22/h2-9,11H,10,12-13H2,1H3,(H,19,24). The van der Waals surface area contributed by atoms with Crippen molar-refractivity contribution < 1.29 is 14.3 Å². The van der Waals surface area contributed by atoms with Crippen LogP contribution >= 0.6 is 0 Å². The highest BCUT2D eigenvalue weighted by molar-refractivity contribution is 5.75. The van der Waals surface area contributed by atoms with Gasteiger partial charge in [0.2, 0.25) is 5.91 Å². The van der Waals surface area contributed by atoms with Crippen molar-refractivity contribution in [1.82, 2.24) is 24.9 Å². The summed E-state index contributed by atoms with van der Waals surface area (Å²) in [4.78, 5) is 24.0. The molecule has 0 fully saturated rings. The zero-order chi connectivity index (χ0) is 19.1. The van der Waals surface area contributed by atoms with Gasteiger partial charge in [0.1, 0.15) is 24.7 Å². The van der Waals surface area contributed by atoms with Gasteiger partial charge in [-0.15, -0.1) is 5.10 Å². The summed E-state index contributed by atoms with van der Waals surface area (Å²) in [6.07, 6.45) is 3.31. The SMILES string of the molecule is COc1ccc(OCCNC(=O)Cn2nc(-n3cccn3)ccc2=O)cc1. The molecule has 1 amide bonds. The second-order valence-electron chi connectivity index (χ2n) is 5.51. The number of ether oxygens (including phenoxy) is 2. The minimum absolute atomic E-state index is 0.184. The number of hydrogen-bond donors (Lipinski definition) is 1. The number of amides is 1. The topological polar surface area (TPSA) is 100 Å². The molecule has 1 aromatic carbocycles. The monoisotopic (exact) mass is 369 g/mol. The average Bonchev–Trinajstić information content (AvgIpc) is 3.22. The summed E-state index contributed by atoms with van der Waals surface area (Å²) in [7, 11) is 1.59. The van der Waals surface area contributed by atoms with Gasteiger partial charge in [-0.2, -0.15) is 5.10 Å². The van der Waals surface area contributed by atoms with Gasteiger partial charge in [-0.3, -0.25) is 9.59 Å². The Hall–Kier alpha value is -3.62. The third-order valence-electron chi connectivity index (χ3n) is 3.64. The molecule has 2 aromatic heterocycles. The van der Waals surface area contributed by atoms with E-state index < -0.39 is 0 Å². The lowest BCUT2D eigenvalue weighted by Gasteiger charge is -2.09. The minimum Gasteiger partial charge on any atom is -0.497 e. The van der Waals surface area contributed by atoms with Crippen molar-refractivity contribution in [2.45, 2.75) is 6.54 Å². The first kappa shape index (κ1) is 18.2. The lowest BCUT2D eigenvalue weighted by Crippen LogP contribution is -2.35. The second-order valence-corrected chi connectivity index (χ2v) is 5.51. The predicted molar refractivity (Wildman–Crippen MR) is 97.1 cm³/mol. The number of carbonyl (C=O) groups excluding carboxylic acids is 1. The molecule has 9 heteroatoms. The summed E-state index contributed by atoms with van der Waals surface area (Å²) in [6.45, 7) is 0.419. The van der Waals surface area contributed by atoms with Crippen LogP contribution in [0.2, 0.25) is 0 Å². The number of hydrogen-bond acceptors (Lipinski definition) is 6. The first-order valence-corrected chi connectivity index (χ1v) is 8.27. The average molecular weight is 369 g/mol. The minimum atomic E-state index is -0.365. The third kappa shape index (κ3) is 4.94. The maximum absolute atomic E-state index is 12.1. The molecule has 2 heterocycles. The quantitative estimate of drug-likeness (QED) is 0.585. The highest BCUT2D eigenvalue weighted by atomic mass is 16.5. The van der Waals surface area contributed by atoms with Crippen molar-refractivity contribution in [3.05, 3.63) is 65.2 Å². The maximum atomic E-state index is 12.1. The molecule has 9 nitrogen and oxygen atoms in total. The molecule has 3 aromatic rings. The van der Waals surface area contributed by atoms with E-state index in [9.17, 15) is 9.59 Å². The van der Waals surface area contributed by atoms with Crippen molar-refractivity contribution in [3.8, 4) is 17.3 Å². The van der Waals surface area contributed by atoms with E-state index in [0.29, 0.717) is 24.7 Å². The highest BCUT2D eigenvalue weighted by Gasteiger charge is 2.08. The van der Waals surface area contributed by atoms with Crippen LogP contribution in [0.5, 0.6) is 11.5 Å². The maximum Gasteiger partial charge on any atom is 0.267 e. The molecule has 0 aliphatic heterocycles. The number of rotatable bonds is 8. The van der Waals surface area contributed by atoms with Crippen molar-refractivity contribution in [1.29, 1.82) is 0 Å². The van der Waals surface area contributed by atoms with Gasteiger partial charge >= 0.3 is 0 Å². The molecule has 0 radical (unpaired) electrons. The summed E-state index contributed by atoms with van der Waals surface area (Å²) in [5, 5.41) is 10.9. The molecule has 0 saturated carbocycles. The Morgan fingerprint density at radius 2 is 1.93 bits per heavy atom. The zero-order valence-electron chi connectivity index (χ0n) is 14.7. The fourth-order valence-corrected chi connectivity index (χ4v) is 2.30. The Balaban J connectivity index is 1.49. The molecule has 0 aliphatic rings. The van der Waals surface area contributed by atoms with Crippen LogP contribution in [0.4, 0.5) is 0 Å². The smallest absolute Gasteiger partial charge is 0.267 e. The van der Waals surface area contributed by atoms with Crippen LogP contribution < -0.4 is 20.3 Å². The van der Waals surface area contributed by atoms with Crippen LogP contribution in [-0.4, -0.2) is 45.7 Å². The van der Waals surface area contributed by atoms with Crippen LogP contribution in [-0.2, 0) is 11.3 Å². The van der Waals surface area contributed by atoms with E-state index in [1.807, 2.05) is 0 Å². The molecule has 27 heavy (non-hydrogen) atoms. The highest BCUT2D eigenvalue weighted by Crippen LogP contribution is 2.16. The van der Waals surface area contributed by atoms with E-state index in [1.165, 1.54) is 10.7 Å². The zero-order valence-corrected chi connectivity index (χ0v) is 14.7. The lowest BCUT2D eigenvalue weighted by molar-refractivity contribution is -0.122. The fourth-order valence-electron chi connectivity index (χ4n) is 2.30. The normalized spacial score (nSPS) is 10.4. The van der Waals surface area contributed by atoms with Gasteiger partial charge in [0, 0.05) is 18.5 Å². The summed E-state index contributed by atoms with van der Waals surface area (Å²) >= 11 is 0. The van der Waals surface area contributed by atoms with Crippen molar-refractivity contribution in [3.63, 3.8) is 0 Å². The Bertz CT molecular complexity index is 935. The van der Waals surface area contributed by atoms with E-state index in [4.69, 9.17) is 9.47 Å². The summed E-state index contributed by atoms with van der Waals surface area (Å²) < 4.78 is 13.2. The Labute approximate surface area is 155 Å². The molecule has 140 valence electrons. The number of aromatic nitrogens is 4. The molecule has 0 spiro atoms. The van der Waals surface area contributed by atoms with E-state index in [2.05, 4.69) is 15.5 Å². The number of nitrogens with zero attached hydrogens (tertiary/aromatic N) is 4. The molecule has 0 saturated heterocycles. The van der Waals surface area contributed by atoms with Crippen LogP contribution in [0.25, 0.3) is 5.82 Å². The van der Waals surface area contributed by atoms with Gasteiger partial charge in [0.25, 0.3) is 5.56 Å². The Kier molecular flexibility index (Phi) is 5.83. The van der Waals surface area contributed by atoms with Crippen LogP contribution in [0.1, 0.15) is 0 Å². The molecular weight excluding hydrogens is 350 g/mol. The van der Waals surface area contributed by atoms with Crippen molar-refractivity contribution >= 4 is 5.91 Å². The molecule has 0 aliphatic carbocycles. The summed E-state index contributed by atoms with van der Waals surface area (Å²) in [5.41, 5.74) is -0.365. The molecule has 0 bridgehead atoms. The van der Waals surface area contributed by atoms with E-state index in [-0.39, 0.29) is 18.0 Å². The fraction of sp³-hybridized carbons (Fsp3) is 0.222. The molecule has 0 unspecified atom stereocenters. The van der Waals surface area contributed by atoms with Crippen LogP contribution in [0.15, 0.2) is 59.7 Å². The second kappa shape index (κ2) is 8.65. The van der Waals surface area contributed by atoms with Crippen LogP contribution in [0.3, 0.4) is 0 Å². The summed E-state index contributed by atoms with van der Waals surface area (Å²) in [6, 6.07) is 11.8. The number of nitrogens with one attached hydrogen (secondary N) is 1. The number of methoxy groups -OCH3 is 1.